The van der Waals surface area contributed by atoms with Gasteiger partial charge in [0, 0.05) is 54.9 Å². The van der Waals surface area contributed by atoms with Crippen LogP contribution in [0.25, 0.3) is 11.3 Å². The molecule has 8 nitrogen and oxygen atoms in total. The van der Waals surface area contributed by atoms with E-state index < -0.39 is 0 Å². The molecule has 3 aliphatic rings. The van der Waals surface area contributed by atoms with Crippen LogP contribution < -0.4 is 15.1 Å². The van der Waals surface area contributed by atoms with Gasteiger partial charge in [0.1, 0.15) is 12.7 Å². The largest absolute Gasteiger partial charge is 0.476 e. The molecule has 2 saturated heterocycles. The average Bonchev–Trinajstić information content (AvgIpc) is 3.34. The molecule has 0 spiro atoms. The van der Waals surface area contributed by atoms with E-state index in [1.165, 1.54) is 11.3 Å². The maximum atomic E-state index is 12.8. The molecule has 0 amide bonds. The molecule has 0 radical (unpaired) electrons. The molecular formula is C25H28N4O4. The molecule has 1 atom stereocenters. The number of hydrogen-bond donors (Lipinski definition) is 0. The predicted octanol–water partition coefficient (Wildman–Crippen LogP) is 2.43. The Balaban J connectivity index is 1.25. The molecule has 6 rings (SSSR count). The third kappa shape index (κ3) is 3.73. The number of nitrogens with zero attached hydrogens (tertiary/aromatic N) is 4. The first-order valence-corrected chi connectivity index (χ1v) is 11.6. The molecule has 33 heavy (non-hydrogen) atoms. The second-order valence-corrected chi connectivity index (χ2v) is 8.99. The minimum absolute atomic E-state index is 0.00111. The number of rotatable bonds is 5. The molecule has 5 heterocycles. The zero-order valence-electron chi connectivity index (χ0n) is 18.8. The number of fused-ring (bicyclic) bond motifs is 3. The number of pyridine rings is 1. The van der Waals surface area contributed by atoms with Crippen molar-refractivity contribution >= 4 is 5.69 Å². The van der Waals surface area contributed by atoms with Gasteiger partial charge in [-0.05, 0) is 37.1 Å². The topological polar surface area (TPSA) is 70.8 Å². The van der Waals surface area contributed by atoms with Crippen molar-refractivity contribution in [3.05, 3.63) is 64.1 Å². The minimum atomic E-state index is -0.105. The molecule has 172 valence electrons. The Hall–Kier alpha value is -3.10. The molecule has 1 aromatic carbocycles. The number of aromatic nitrogens is 3. The van der Waals surface area contributed by atoms with E-state index in [2.05, 4.69) is 32.8 Å². The summed E-state index contributed by atoms with van der Waals surface area (Å²) in [4.78, 5) is 15.2. The molecule has 3 aromatic rings. The summed E-state index contributed by atoms with van der Waals surface area (Å²) in [7, 11) is 0. The van der Waals surface area contributed by atoms with Gasteiger partial charge in [-0.3, -0.25) is 9.48 Å². The monoisotopic (exact) mass is 448 g/mol. The molecule has 8 heteroatoms. The summed E-state index contributed by atoms with van der Waals surface area (Å²) in [5, 5.41) is 4.36. The molecule has 3 aliphatic heterocycles. The molecule has 0 unspecified atom stereocenters. The summed E-state index contributed by atoms with van der Waals surface area (Å²) in [6.07, 6.45) is 4.65. The molecule has 0 saturated carbocycles. The highest BCUT2D eigenvalue weighted by Crippen LogP contribution is 2.37. The van der Waals surface area contributed by atoms with E-state index >= 15 is 0 Å². The summed E-state index contributed by atoms with van der Waals surface area (Å²) >= 11 is 0. The van der Waals surface area contributed by atoms with Crippen LogP contribution in [0.1, 0.15) is 17.2 Å². The molecule has 0 N–H and O–H groups in total. The van der Waals surface area contributed by atoms with Gasteiger partial charge in [0.05, 0.1) is 31.6 Å². The number of anilines is 1. The molecule has 0 bridgehead atoms. The van der Waals surface area contributed by atoms with E-state index in [4.69, 9.17) is 14.2 Å². The smallest absolute Gasteiger partial charge is 0.197 e. The molecule has 2 aromatic heterocycles. The lowest BCUT2D eigenvalue weighted by atomic mass is 9.93. The lowest BCUT2D eigenvalue weighted by Crippen LogP contribution is -2.48. The van der Waals surface area contributed by atoms with Gasteiger partial charge in [-0.25, -0.2) is 0 Å². The van der Waals surface area contributed by atoms with Crippen LogP contribution in [0.4, 0.5) is 5.69 Å². The van der Waals surface area contributed by atoms with Crippen LogP contribution in [-0.4, -0.2) is 60.0 Å². The van der Waals surface area contributed by atoms with Crippen molar-refractivity contribution in [3.8, 4) is 17.1 Å². The Morgan fingerprint density at radius 3 is 2.91 bits per heavy atom. The van der Waals surface area contributed by atoms with Gasteiger partial charge in [0.2, 0.25) is 0 Å². The maximum Gasteiger partial charge on any atom is 0.197 e. The number of ether oxygens (including phenoxy) is 3. The first-order valence-electron chi connectivity index (χ1n) is 11.6. The summed E-state index contributed by atoms with van der Waals surface area (Å²) in [5.74, 6) is 0.606. The van der Waals surface area contributed by atoms with E-state index in [9.17, 15) is 4.79 Å². The van der Waals surface area contributed by atoms with E-state index in [0.717, 1.165) is 42.9 Å². The van der Waals surface area contributed by atoms with Crippen molar-refractivity contribution in [3.63, 3.8) is 0 Å². The van der Waals surface area contributed by atoms with Gasteiger partial charge < -0.3 is 23.7 Å². The first kappa shape index (κ1) is 20.5. The van der Waals surface area contributed by atoms with Crippen molar-refractivity contribution in [1.29, 1.82) is 0 Å². The Kier molecular flexibility index (Phi) is 5.19. The zero-order chi connectivity index (χ0) is 22.4. The van der Waals surface area contributed by atoms with Crippen molar-refractivity contribution in [2.24, 2.45) is 0 Å². The fourth-order valence-electron chi connectivity index (χ4n) is 5.00. The van der Waals surface area contributed by atoms with E-state index in [1.807, 2.05) is 30.1 Å². The standard InChI is InChI=1S/C25H28N4O4/c1-17-23(30)12-24(33-16-21-15-31-9-10-32-21)28-8-5-18-11-19(3-4-22(18)25(17)28)27-13-20(14-27)29-7-2-6-26-29/h2-4,6-7,11-12,20-21H,5,8-10,13-16H2,1H3/t21-/m0/s1. The van der Waals surface area contributed by atoms with Gasteiger partial charge in [-0.2, -0.15) is 5.10 Å². The quantitative estimate of drug-likeness (QED) is 0.597. The summed E-state index contributed by atoms with van der Waals surface area (Å²) in [5.41, 5.74) is 5.34. The Labute approximate surface area is 192 Å². The second kappa shape index (κ2) is 8.35. The van der Waals surface area contributed by atoms with Gasteiger partial charge in [0.25, 0.3) is 0 Å². The van der Waals surface area contributed by atoms with Crippen LogP contribution in [0.3, 0.4) is 0 Å². The summed E-state index contributed by atoms with van der Waals surface area (Å²) in [6.45, 7) is 6.70. The maximum absolute atomic E-state index is 12.8. The van der Waals surface area contributed by atoms with E-state index in [1.54, 1.807) is 6.07 Å². The second-order valence-electron chi connectivity index (χ2n) is 8.99. The van der Waals surface area contributed by atoms with Crippen molar-refractivity contribution < 1.29 is 14.2 Å². The van der Waals surface area contributed by atoms with E-state index in [0.29, 0.717) is 38.3 Å². The normalized spacial score (nSPS) is 20.2. The van der Waals surface area contributed by atoms with Gasteiger partial charge in [-0.1, -0.05) is 6.07 Å². The molecular weight excluding hydrogens is 420 g/mol. The van der Waals surface area contributed by atoms with Crippen LogP contribution in [0, 0.1) is 6.92 Å². The SMILES string of the molecule is Cc1c2n(c(OC[C@@H]3COCCO3)cc1=O)CCc1cc(N3CC(n4cccn4)C3)ccc1-2. The highest BCUT2D eigenvalue weighted by molar-refractivity contribution is 5.73. The highest BCUT2D eigenvalue weighted by Gasteiger charge is 2.30. The third-order valence-electron chi connectivity index (χ3n) is 6.89. The van der Waals surface area contributed by atoms with Gasteiger partial charge in [0.15, 0.2) is 11.3 Å². The third-order valence-corrected chi connectivity index (χ3v) is 6.89. The zero-order valence-corrected chi connectivity index (χ0v) is 18.8. The van der Waals surface area contributed by atoms with Crippen LogP contribution in [0.5, 0.6) is 5.88 Å². The Morgan fingerprint density at radius 2 is 2.12 bits per heavy atom. The summed E-state index contributed by atoms with van der Waals surface area (Å²) < 4.78 is 21.4. The fourth-order valence-corrected chi connectivity index (χ4v) is 5.00. The van der Waals surface area contributed by atoms with Crippen molar-refractivity contribution in [2.45, 2.75) is 32.0 Å². The molecule has 2 fully saturated rings. The van der Waals surface area contributed by atoms with Crippen molar-refractivity contribution in [1.82, 2.24) is 14.3 Å². The van der Waals surface area contributed by atoms with E-state index in [-0.39, 0.29) is 11.5 Å². The van der Waals surface area contributed by atoms with Gasteiger partial charge in [-0.15, -0.1) is 0 Å². The molecule has 0 aliphatic carbocycles. The lowest BCUT2D eigenvalue weighted by Gasteiger charge is -2.41. The summed E-state index contributed by atoms with van der Waals surface area (Å²) in [6, 6.07) is 10.6. The van der Waals surface area contributed by atoms with Crippen LogP contribution in [0.15, 0.2) is 47.5 Å². The Morgan fingerprint density at radius 1 is 1.21 bits per heavy atom. The van der Waals surface area contributed by atoms with Crippen LogP contribution in [0.2, 0.25) is 0 Å². The van der Waals surface area contributed by atoms with Crippen LogP contribution >= 0.6 is 0 Å². The van der Waals surface area contributed by atoms with Crippen LogP contribution in [-0.2, 0) is 22.4 Å². The Bertz CT molecular complexity index is 1210. The first-order chi connectivity index (χ1) is 16.2. The number of aryl methyl sites for hydroxylation is 1. The predicted molar refractivity (Wildman–Crippen MR) is 124 cm³/mol. The van der Waals surface area contributed by atoms with Crippen molar-refractivity contribution in [2.75, 3.05) is 44.4 Å². The lowest BCUT2D eigenvalue weighted by molar-refractivity contribution is -0.102. The number of hydrogen-bond acceptors (Lipinski definition) is 6. The number of benzene rings is 1. The van der Waals surface area contributed by atoms with Gasteiger partial charge >= 0.3 is 0 Å². The average molecular weight is 449 g/mol. The highest BCUT2D eigenvalue weighted by atomic mass is 16.6. The minimum Gasteiger partial charge on any atom is -0.476 e. The fraction of sp³-hybridized carbons (Fsp3) is 0.440.